The molecule has 3 aromatic rings. The van der Waals surface area contributed by atoms with E-state index in [0.29, 0.717) is 10.7 Å². The van der Waals surface area contributed by atoms with Gasteiger partial charge in [0, 0.05) is 6.20 Å². The van der Waals surface area contributed by atoms with Crippen LogP contribution in [0.3, 0.4) is 0 Å². The molecule has 4 nitrogen and oxygen atoms in total. The summed E-state index contributed by atoms with van der Waals surface area (Å²) in [4.78, 5) is 12.3. The highest BCUT2D eigenvalue weighted by molar-refractivity contribution is 7.21. The highest BCUT2D eigenvalue weighted by atomic mass is 35.5. The van der Waals surface area contributed by atoms with Crippen LogP contribution < -0.4 is 5.73 Å². The van der Waals surface area contributed by atoms with Crippen molar-refractivity contribution in [3.63, 3.8) is 0 Å². The molecule has 0 unspecified atom stereocenters. The number of fused-ring (bicyclic) bond motifs is 1. The molecule has 0 spiro atoms. The third-order valence-electron chi connectivity index (χ3n) is 2.29. The van der Waals surface area contributed by atoms with E-state index in [1.54, 1.807) is 17.5 Å². The number of nitrogens with two attached hydrogens (primary N) is 1. The van der Waals surface area contributed by atoms with Crippen LogP contribution in [0.15, 0.2) is 30.5 Å². The fraction of sp³-hybridized carbons (Fsp3) is 0. The van der Waals surface area contributed by atoms with Gasteiger partial charge >= 0.3 is 0 Å². The summed E-state index contributed by atoms with van der Waals surface area (Å²) in [6.45, 7) is 0. The maximum absolute atomic E-state index is 6.03. The van der Waals surface area contributed by atoms with Crippen LogP contribution in [0.4, 0.5) is 5.95 Å². The minimum absolute atomic E-state index is 0.167. The largest absolute Gasteiger partial charge is 0.368 e. The molecule has 0 saturated carbocycles. The zero-order valence-electron chi connectivity index (χ0n) is 8.59. The summed E-state index contributed by atoms with van der Waals surface area (Å²) >= 11 is 7.58. The molecule has 0 bridgehead atoms. The first kappa shape index (κ1) is 10.4. The van der Waals surface area contributed by atoms with Gasteiger partial charge in [-0.25, -0.2) is 15.0 Å². The summed E-state index contributed by atoms with van der Waals surface area (Å²) in [6, 6.07) is 7.91. The SMILES string of the molecule is Nc1ncc(-c2nc3ccccc3s2)c(Cl)n1. The lowest BCUT2D eigenvalue weighted by Gasteiger charge is -1.98. The van der Waals surface area contributed by atoms with Crippen molar-refractivity contribution in [2.24, 2.45) is 0 Å². The maximum Gasteiger partial charge on any atom is 0.221 e. The molecule has 2 heterocycles. The van der Waals surface area contributed by atoms with Crippen LogP contribution in [0, 0.1) is 0 Å². The number of hydrogen-bond donors (Lipinski definition) is 1. The summed E-state index contributed by atoms with van der Waals surface area (Å²) in [5, 5.41) is 1.13. The molecular formula is C11H7ClN4S. The zero-order valence-corrected chi connectivity index (χ0v) is 10.2. The van der Waals surface area contributed by atoms with Crippen molar-refractivity contribution in [3.05, 3.63) is 35.6 Å². The van der Waals surface area contributed by atoms with Crippen LogP contribution in [-0.2, 0) is 0 Å². The van der Waals surface area contributed by atoms with E-state index in [1.165, 1.54) is 0 Å². The van der Waals surface area contributed by atoms with Crippen molar-refractivity contribution >= 4 is 39.1 Å². The average Bonchev–Trinajstić information content (AvgIpc) is 2.72. The number of aromatic nitrogens is 3. The summed E-state index contributed by atoms with van der Waals surface area (Å²) in [5.41, 5.74) is 7.11. The van der Waals surface area contributed by atoms with Gasteiger partial charge in [0.25, 0.3) is 0 Å². The number of hydrogen-bond acceptors (Lipinski definition) is 5. The van der Waals surface area contributed by atoms with Gasteiger partial charge in [-0.3, -0.25) is 0 Å². The lowest BCUT2D eigenvalue weighted by molar-refractivity contribution is 1.19. The molecule has 0 atom stereocenters. The van der Waals surface area contributed by atoms with Gasteiger partial charge in [0.2, 0.25) is 5.95 Å². The Kier molecular flexibility index (Phi) is 2.42. The fourth-order valence-corrected chi connectivity index (χ4v) is 2.76. The predicted molar refractivity (Wildman–Crippen MR) is 70.1 cm³/mol. The number of para-hydroxylation sites is 1. The molecule has 0 radical (unpaired) electrons. The third kappa shape index (κ3) is 1.83. The second-order valence-corrected chi connectivity index (χ2v) is 4.81. The standard InChI is InChI=1S/C11H7ClN4S/c12-9-6(5-14-11(13)16-9)10-15-7-3-1-2-4-8(7)17-10/h1-5H,(H2,13,14,16). The van der Waals surface area contributed by atoms with Crippen LogP contribution in [-0.4, -0.2) is 15.0 Å². The first-order valence-corrected chi connectivity index (χ1v) is 6.07. The molecule has 1 aromatic carbocycles. The van der Waals surface area contributed by atoms with Crippen molar-refractivity contribution in [3.8, 4) is 10.6 Å². The first-order valence-electron chi connectivity index (χ1n) is 4.88. The molecule has 84 valence electrons. The van der Waals surface area contributed by atoms with Crippen molar-refractivity contribution in [2.75, 3.05) is 5.73 Å². The Hall–Kier alpha value is -1.72. The molecule has 0 aliphatic heterocycles. The fourth-order valence-electron chi connectivity index (χ4n) is 1.50. The summed E-state index contributed by atoms with van der Waals surface area (Å²) in [5.74, 6) is 0.167. The van der Waals surface area contributed by atoms with Crippen LogP contribution in [0.2, 0.25) is 5.15 Å². The Bertz CT molecular complexity index is 662. The number of benzene rings is 1. The number of nitrogens with zero attached hydrogens (tertiary/aromatic N) is 3. The van der Waals surface area contributed by atoms with Gasteiger partial charge in [0.05, 0.1) is 15.8 Å². The Morgan fingerprint density at radius 1 is 1.18 bits per heavy atom. The van der Waals surface area contributed by atoms with Crippen molar-refractivity contribution in [1.82, 2.24) is 15.0 Å². The first-order chi connectivity index (χ1) is 8.24. The average molecular weight is 263 g/mol. The lowest BCUT2D eigenvalue weighted by Crippen LogP contribution is -1.95. The van der Waals surface area contributed by atoms with E-state index in [0.717, 1.165) is 15.2 Å². The van der Waals surface area contributed by atoms with Crippen molar-refractivity contribution in [1.29, 1.82) is 0 Å². The Balaban J connectivity index is 2.20. The highest BCUT2D eigenvalue weighted by Gasteiger charge is 2.11. The number of thiazole rings is 1. The minimum Gasteiger partial charge on any atom is -0.368 e. The Morgan fingerprint density at radius 2 is 2.00 bits per heavy atom. The molecular weight excluding hydrogens is 256 g/mol. The zero-order chi connectivity index (χ0) is 11.8. The van der Waals surface area contributed by atoms with Crippen LogP contribution in [0.1, 0.15) is 0 Å². The molecule has 0 saturated heterocycles. The van der Waals surface area contributed by atoms with E-state index in [1.807, 2.05) is 24.3 Å². The number of anilines is 1. The van der Waals surface area contributed by atoms with Gasteiger partial charge < -0.3 is 5.73 Å². The van der Waals surface area contributed by atoms with Crippen molar-refractivity contribution < 1.29 is 0 Å². The van der Waals surface area contributed by atoms with E-state index in [9.17, 15) is 0 Å². The highest BCUT2D eigenvalue weighted by Crippen LogP contribution is 2.32. The molecule has 6 heteroatoms. The molecule has 0 amide bonds. The van der Waals surface area contributed by atoms with Crippen LogP contribution in [0.25, 0.3) is 20.8 Å². The van der Waals surface area contributed by atoms with Gasteiger partial charge in [-0.2, -0.15) is 0 Å². The molecule has 2 aromatic heterocycles. The van der Waals surface area contributed by atoms with E-state index >= 15 is 0 Å². The van der Waals surface area contributed by atoms with E-state index in [2.05, 4.69) is 15.0 Å². The maximum atomic E-state index is 6.03. The molecule has 17 heavy (non-hydrogen) atoms. The van der Waals surface area contributed by atoms with Gasteiger partial charge in [-0.1, -0.05) is 23.7 Å². The quantitative estimate of drug-likeness (QED) is 0.685. The molecule has 0 aliphatic carbocycles. The van der Waals surface area contributed by atoms with E-state index < -0.39 is 0 Å². The topological polar surface area (TPSA) is 64.7 Å². The normalized spacial score (nSPS) is 10.9. The Labute approximate surface area is 106 Å². The second kappa shape index (κ2) is 3.94. The van der Waals surface area contributed by atoms with Gasteiger partial charge in [-0.05, 0) is 12.1 Å². The molecule has 3 rings (SSSR count). The smallest absolute Gasteiger partial charge is 0.221 e. The van der Waals surface area contributed by atoms with Gasteiger partial charge in [0.1, 0.15) is 10.2 Å². The lowest BCUT2D eigenvalue weighted by atomic mass is 10.3. The van der Waals surface area contributed by atoms with Crippen molar-refractivity contribution in [2.45, 2.75) is 0 Å². The summed E-state index contributed by atoms with van der Waals surface area (Å²) < 4.78 is 1.11. The molecule has 0 fully saturated rings. The number of halogens is 1. The minimum atomic E-state index is 0.167. The molecule has 0 aliphatic rings. The van der Waals surface area contributed by atoms with Gasteiger partial charge in [-0.15, -0.1) is 11.3 Å². The second-order valence-electron chi connectivity index (χ2n) is 3.42. The van der Waals surface area contributed by atoms with E-state index in [-0.39, 0.29) is 5.95 Å². The number of nitrogen functional groups attached to an aromatic ring is 1. The predicted octanol–water partition coefficient (Wildman–Crippen LogP) is 2.99. The van der Waals surface area contributed by atoms with Crippen LogP contribution in [0.5, 0.6) is 0 Å². The molecule has 2 N–H and O–H groups in total. The monoisotopic (exact) mass is 262 g/mol. The number of rotatable bonds is 1. The Morgan fingerprint density at radius 3 is 2.76 bits per heavy atom. The summed E-state index contributed by atoms with van der Waals surface area (Å²) in [6.07, 6.45) is 1.60. The third-order valence-corrected chi connectivity index (χ3v) is 3.64. The van der Waals surface area contributed by atoms with Crippen LogP contribution >= 0.6 is 22.9 Å². The van der Waals surface area contributed by atoms with E-state index in [4.69, 9.17) is 17.3 Å². The van der Waals surface area contributed by atoms with Gasteiger partial charge in [0.15, 0.2) is 0 Å². The summed E-state index contributed by atoms with van der Waals surface area (Å²) in [7, 11) is 0.